The van der Waals surface area contributed by atoms with Gasteiger partial charge in [-0.05, 0) is 33.4 Å². The molecular weight excluding hydrogens is 264 g/mol. The summed E-state index contributed by atoms with van der Waals surface area (Å²) in [5, 5.41) is 3.58. The lowest BCUT2D eigenvalue weighted by atomic mass is 9.99. The lowest BCUT2D eigenvalue weighted by Gasteiger charge is -2.41. The summed E-state index contributed by atoms with van der Waals surface area (Å²) < 4.78 is 0. The second-order valence-corrected chi connectivity index (χ2v) is 7.37. The van der Waals surface area contributed by atoms with Crippen LogP contribution in [0.1, 0.15) is 34.1 Å². The van der Waals surface area contributed by atoms with Gasteiger partial charge in [0.25, 0.3) is 0 Å². The van der Waals surface area contributed by atoms with Crippen molar-refractivity contribution in [3.8, 4) is 0 Å². The van der Waals surface area contributed by atoms with E-state index in [4.69, 9.17) is 0 Å². The first-order valence-electron chi connectivity index (χ1n) is 8.26. The molecule has 0 aromatic heterocycles. The summed E-state index contributed by atoms with van der Waals surface area (Å²) in [5.41, 5.74) is -0.395. The Balaban J connectivity index is 2.14. The van der Waals surface area contributed by atoms with Crippen molar-refractivity contribution in [1.82, 2.24) is 20.0 Å². The number of carbonyl (C=O) groups is 1. The summed E-state index contributed by atoms with van der Waals surface area (Å²) in [6.45, 7) is 12.6. The molecule has 0 aliphatic carbocycles. The van der Waals surface area contributed by atoms with E-state index in [9.17, 15) is 4.79 Å². The SMILES string of the molecule is CCC1(C)NC(C(C)C)N(CC2CN(C)CCN2C)C1=O. The molecular formula is C16H32N4O. The first-order valence-corrected chi connectivity index (χ1v) is 8.26. The van der Waals surface area contributed by atoms with E-state index in [-0.39, 0.29) is 12.1 Å². The van der Waals surface area contributed by atoms with E-state index >= 15 is 0 Å². The normalized spacial score (nSPS) is 36.0. The third kappa shape index (κ3) is 3.25. The minimum atomic E-state index is -0.395. The Morgan fingerprint density at radius 3 is 2.57 bits per heavy atom. The molecule has 3 unspecified atom stereocenters. The maximum Gasteiger partial charge on any atom is 0.243 e. The zero-order chi connectivity index (χ0) is 15.8. The number of likely N-dealkylation sites (N-methyl/N-ethyl adjacent to an activating group) is 2. The molecule has 2 heterocycles. The van der Waals surface area contributed by atoms with Crippen molar-refractivity contribution < 1.29 is 4.79 Å². The molecule has 2 saturated heterocycles. The lowest BCUT2D eigenvalue weighted by molar-refractivity contribution is -0.134. The van der Waals surface area contributed by atoms with Crippen LogP contribution in [0.15, 0.2) is 0 Å². The summed E-state index contributed by atoms with van der Waals surface area (Å²) in [6, 6.07) is 0.426. The zero-order valence-corrected chi connectivity index (χ0v) is 14.5. The fraction of sp³-hybridized carbons (Fsp3) is 0.938. The number of hydrogen-bond donors (Lipinski definition) is 1. The molecule has 2 rings (SSSR count). The van der Waals surface area contributed by atoms with Crippen LogP contribution < -0.4 is 5.32 Å². The standard InChI is InChI=1S/C16H32N4O/c1-7-16(4)15(21)20(14(17-16)12(2)3)11-13-10-18(5)8-9-19(13)6/h12-14,17H,7-11H2,1-6H3. The summed E-state index contributed by atoms with van der Waals surface area (Å²) >= 11 is 0. The monoisotopic (exact) mass is 296 g/mol. The third-order valence-corrected chi connectivity index (χ3v) is 5.26. The maximum atomic E-state index is 12.9. The zero-order valence-electron chi connectivity index (χ0n) is 14.5. The van der Waals surface area contributed by atoms with Gasteiger partial charge < -0.3 is 9.80 Å². The van der Waals surface area contributed by atoms with Crippen LogP contribution in [0.25, 0.3) is 0 Å². The Bertz CT molecular complexity index is 386. The van der Waals surface area contributed by atoms with Crippen LogP contribution in [0.4, 0.5) is 0 Å². The number of piperazine rings is 1. The average Bonchev–Trinajstić information content (AvgIpc) is 2.69. The summed E-state index contributed by atoms with van der Waals surface area (Å²) in [4.78, 5) is 19.7. The number of amides is 1. The predicted molar refractivity (Wildman–Crippen MR) is 86.1 cm³/mol. The van der Waals surface area contributed by atoms with Gasteiger partial charge in [0.2, 0.25) is 5.91 Å². The van der Waals surface area contributed by atoms with Crippen LogP contribution in [0, 0.1) is 5.92 Å². The number of carbonyl (C=O) groups excluding carboxylic acids is 1. The van der Waals surface area contributed by atoms with Gasteiger partial charge in [0.05, 0.1) is 11.7 Å². The molecule has 5 nitrogen and oxygen atoms in total. The lowest BCUT2D eigenvalue weighted by Crippen LogP contribution is -2.56. The van der Waals surface area contributed by atoms with Crippen molar-refractivity contribution in [3.05, 3.63) is 0 Å². The molecule has 1 N–H and O–H groups in total. The highest BCUT2D eigenvalue weighted by molar-refractivity contribution is 5.88. The Morgan fingerprint density at radius 2 is 2.00 bits per heavy atom. The van der Waals surface area contributed by atoms with Crippen molar-refractivity contribution in [2.24, 2.45) is 5.92 Å². The van der Waals surface area contributed by atoms with E-state index in [1.54, 1.807) is 0 Å². The Morgan fingerprint density at radius 1 is 1.33 bits per heavy atom. The summed E-state index contributed by atoms with van der Waals surface area (Å²) in [7, 11) is 4.34. The van der Waals surface area contributed by atoms with E-state index < -0.39 is 5.54 Å². The van der Waals surface area contributed by atoms with Crippen molar-refractivity contribution >= 4 is 5.91 Å². The average molecular weight is 296 g/mol. The number of hydrogen-bond acceptors (Lipinski definition) is 4. The van der Waals surface area contributed by atoms with Gasteiger partial charge in [0.15, 0.2) is 0 Å². The van der Waals surface area contributed by atoms with Crippen LogP contribution in [-0.4, -0.2) is 78.6 Å². The Kier molecular flexibility index (Phi) is 4.96. The minimum absolute atomic E-state index is 0.156. The van der Waals surface area contributed by atoms with E-state index in [0.29, 0.717) is 12.0 Å². The van der Waals surface area contributed by atoms with Gasteiger partial charge in [-0.2, -0.15) is 0 Å². The van der Waals surface area contributed by atoms with Gasteiger partial charge in [-0.1, -0.05) is 20.8 Å². The van der Waals surface area contributed by atoms with Crippen molar-refractivity contribution in [2.45, 2.75) is 51.9 Å². The first kappa shape index (κ1) is 16.7. The molecule has 3 atom stereocenters. The molecule has 0 spiro atoms. The largest absolute Gasteiger partial charge is 0.324 e. The molecule has 2 aliphatic heterocycles. The van der Waals surface area contributed by atoms with Crippen molar-refractivity contribution in [2.75, 3.05) is 40.3 Å². The summed E-state index contributed by atoms with van der Waals surface area (Å²) in [5.74, 6) is 0.694. The highest BCUT2D eigenvalue weighted by atomic mass is 16.2. The van der Waals surface area contributed by atoms with Crippen LogP contribution in [-0.2, 0) is 4.79 Å². The molecule has 1 amide bonds. The number of nitrogens with zero attached hydrogens (tertiary/aromatic N) is 3. The van der Waals surface area contributed by atoms with Gasteiger partial charge in [0.1, 0.15) is 0 Å². The van der Waals surface area contributed by atoms with Crippen LogP contribution in [0.3, 0.4) is 0 Å². The van der Waals surface area contributed by atoms with Gasteiger partial charge in [-0.25, -0.2) is 0 Å². The topological polar surface area (TPSA) is 38.8 Å². The molecule has 0 bridgehead atoms. The van der Waals surface area contributed by atoms with Crippen molar-refractivity contribution in [1.29, 1.82) is 0 Å². The fourth-order valence-corrected chi connectivity index (χ4v) is 3.41. The Labute approximate surface area is 129 Å². The molecule has 0 radical (unpaired) electrons. The molecule has 21 heavy (non-hydrogen) atoms. The Hall–Kier alpha value is -0.650. The highest BCUT2D eigenvalue weighted by Gasteiger charge is 2.48. The van der Waals surface area contributed by atoms with Crippen LogP contribution in [0.2, 0.25) is 0 Å². The molecule has 2 aliphatic rings. The van der Waals surface area contributed by atoms with Crippen LogP contribution >= 0.6 is 0 Å². The summed E-state index contributed by atoms with van der Waals surface area (Å²) in [6.07, 6.45) is 0.995. The minimum Gasteiger partial charge on any atom is -0.324 e. The van der Waals surface area contributed by atoms with E-state index in [1.165, 1.54) is 0 Å². The predicted octanol–water partition coefficient (Wildman–Crippen LogP) is 0.815. The number of rotatable bonds is 4. The molecule has 0 aromatic carbocycles. The molecule has 0 saturated carbocycles. The maximum absolute atomic E-state index is 12.9. The molecule has 0 aromatic rings. The van der Waals surface area contributed by atoms with Crippen molar-refractivity contribution in [3.63, 3.8) is 0 Å². The fourth-order valence-electron chi connectivity index (χ4n) is 3.41. The van der Waals surface area contributed by atoms with E-state index in [2.05, 4.69) is 54.9 Å². The van der Waals surface area contributed by atoms with E-state index in [0.717, 1.165) is 32.6 Å². The smallest absolute Gasteiger partial charge is 0.243 e. The van der Waals surface area contributed by atoms with Gasteiger partial charge in [0, 0.05) is 32.2 Å². The third-order valence-electron chi connectivity index (χ3n) is 5.26. The second kappa shape index (κ2) is 6.23. The second-order valence-electron chi connectivity index (χ2n) is 7.37. The van der Waals surface area contributed by atoms with Gasteiger partial charge in [-0.15, -0.1) is 0 Å². The molecule has 5 heteroatoms. The number of nitrogens with one attached hydrogen (secondary N) is 1. The van der Waals surface area contributed by atoms with Gasteiger partial charge in [-0.3, -0.25) is 15.0 Å². The molecule has 2 fully saturated rings. The van der Waals surface area contributed by atoms with Crippen LogP contribution in [0.5, 0.6) is 0 Å². The highest BCUT2D eigenvalue weighted by Crippen LogP contribution is 2.28. The first-order chi connectivity index (χ1) is 9.78. The van der Waals surface area contributed by atoms with E-state index in [1.807, 2.05) is 6.92 Å². The quantitative estimate of drug-likeness (QED) is 0.833. The molecule has 122 valence electrons. The van der Waals surface area contributed by atoms with Gasteiger partial charge >= 0.3 is 0 Å².